The summed E-state index contributed by atoms with van der Waals surface area (Å²) in [5.74, 6) is 3.39. The van der Waals surface area contributed by atoms with Gasteiger partial charge in [0, 0.05) is 35.9 Å². The van der Waals surface area contributed by atoms with Gasteiger partial charge in [-0.05, 0) is 52.7 Å². The summed E-state index contributed by atoms with van der Waals surface area (Å²) in [6.45, 7) is 13.3. The first kappa shape index (κ1) is 16.8. The Morgan fingerprint density at radius 2 is 2.14 bits per heavy atom. The van der Waals surface area contributed by atoms with Gasteiger partial charge in [-0.3, -0.25) is 0 Å². The Balaban J connectivity index is 2.08. The van der Waals surface area contributed by atoms with Crippen LogP contribution in [0.15, 0.2) is 16.7 Å². The zero-order valence-corrected chi connectivity index (χ0v) is 15.3. The van der Waals surface area contributed by atoms with Crippen molar-refractivity contribution in [2.75, 3.05) is 24.5 Å². The van der Waals surface area contributed by atoms with Gasteiger partial charge in [-0.2, -0.15) is 0 Å². The first-order chi connectivity index (χ1) is 9.97. The van der Waals surface area contributed by atoms with Crippen LogP contribution < -0.4 is 10.2 Å². The Labute approximate surface area is 137 Å². The fourth-order valence-corrected chi connectivity index (χ4v) is 3.29. The van der Waals surface area contributed by atoms with E-state index in [0.29, 0.717) is 5.92 Å². The molecule has 118 valence electrons. The zero-order chi connectivity index (χ0) is 15.4. The lowest BCUT2D eigenvalue weighted by Gasteiger charge is -2.22. The highest BCUT2D eigenvalue weighted by molar-refractivity contribution is 9.10. The first-order valence-corrected chi connectivity index (χ1v) is 8.86. The zero-order valence-electron chi connectivity index (χ0n) is 13.7. The van der Waals surface area contributed by atoms with E-state index in [-0.39, 0.29) is 0 Å². The largest absolute Gasteiger partial charge is 0.356 e. The summed E-state index contributed by atoms with van der Waals surface area (Å²) in [6.07, 6.45) is 3.21. The van der Waals surface area contributed by atoms with Crippen molar-refractivity contribution in [2.45, 2.75) is 40.7 Å². The smallest absolute Gasteiger partial charge is 0.133 e. The minimum atomic E-state index is 0.672. The molecule has 1 atom stereocenters. The van der Waals surface area contributed by atoms with E-state index in [1.807, 2.05) is 6.20 Å². The van der Waals surface area contributed by atoms with Gasteiger partial charge in [-0.25, -0.2) is 4.98 Å². The molecule has 1 aromatic heterocycles. The summed E-state index contributed by atoms with van der Waals surface area (Å²) in [5.41, 5.74) is 1.30. The predicted molar refractivity (Wildman–Crippen MR) is 93.6 cm³/mol. The third-order valence-corrected chi connectivity index (χ3v) is 4.68. The van der Waals surface area contributed by atoms with E-state index in [9.17, 15) is 0 Å². The molecule has 1 aromatic rings. The fourth-order valence-electron chi connectivity index (χ4n) is 2.91. The molecule has 2 heterocycles. The molecule has 0 radical (unpaired) electrons. The van der Waals surface area contributed by atoms with Crippen molar-refractivity contribution in [1.82, 2.24) is 10.3 Å². The van der Waals surface area contributed by atoms with Gasteiger partial charge in [0.1, 0.15) is 5.82 Å². The molecule has 4 heteroatoms. The summed E-state index contributed by atoms with van der Waals surface area (Å²) in [7, 11) is 0. The average Bonchev–Trinajstić information content (AvgIpc) is 2.88. The maximum Gasteiger partial charge on any atom is 0.133 e. The molecule has 0 amide bonds. The molecule has 3 nitrogen and oxygen atoms in total. The van der Waals surface area contributed by atoms with Crippen molar-refractivity contribution >= 4 is 21.7 Å². The molecule has 0 bridgehead atoms. The van der Waals surface area contributed by atoms with E-state index >= 15 is 0 Å². The molecule has 1 N–H and O–H groups in total. The van der Waals surface area contributed by atoms with Crippen molar-refractivity contribution in [2.24, 2.45) is 17.8 Å². The second kappa shape index (κ2) is 7.59. The molecule has 1 unspecified atom stereocenters. The van der Waals surface area contributed by atoms with Crippen molar-refractivity contribution in [3.8, 4) is 0 Å². The van der Waals surface area contributed by atoms with Gasteiger partial charge in [0.15, 0.2) is 0 Å². The molecule has 0 aromatic carbocycles. The number of rotatable bonds is 6. The third kappa shape index (κ3) is 4.68. The number of anilines is 1. The number of hydrogen-bond acceptors (Lipinski definition) is 3. The molecule has 21 heavy (non-hydrogen) atoms. The van der Waals surface area contributed by atoms with E-state index in [0.717, 1.165) is 48.3 Å². The van der Waals surface area contributed by atoms with E-state index in [1.165, 1.54) is 12.0 Å². The van der Waals surface area contributed by atoms with Crippen LogP contribution in [0.3, 0.4) is 0 Å². The maximum atomic E-state index is 4.69. The minimum absolute atomic E-state index is 0.672. The van der Waals surface area contributed by atoms with E-state index in [4.69, 9.17) is 4.98 Å². The van der Waals surface area contributed by atoms with E-state index in [1.54, 1.807) is 0 Å². The Morgan fingerprint density at radius 3 is 2.76 bits per heavy atom. The van der Waals surface area contributed by atoms with Gasteiger partial charge in [0.25, 0.3) is 0 Å². The van der Waals surface area contributed by atoms with Crippen LogP contribution in [0.5, 0.6) is 0 Å². The first-order valence-electron chi connectivity index (χ1n) is 8.07. The van der Waals surface area contributed by atoms with Crippen LogP contribution in [-0.4, -0.2) is 24.6 Å². The van der Waals surface area contributed by atoms with E-state index < -0.39 is 0 Å². The average molecular weight is 354 g/mol. The lowest BCUT2D eigenvalue weighted by atomic mass is 9.95. The highest BCUT2D eigenvalue weighted by Crippen LogP contribution is 2.30. The lowest BCUT2D eigenvalue weighted by molar-refractivity contribution is 0.422. The molecule has 0 spiro atoms. The van der Waals surface area contributed by atoms with Crippen LogP contribution in [0.1, 0.15) is 39.7 Å². The monoisotopic (exact) mass is 353 g/mol. The number of nitrogens with zero attached hydrogens (tertiary/aromatic N) is 2. The molecule has 1 saturated heterocycles. The van der Waals surface area contributed by atoms with Crippen LogP contribution in [0, 0.1) is 17.8 Å². The Hall–Kier alpha value is -0.610. The summed E-state index contributed by atoms with van der Waals surface area (Å²) in [5, 5.41) is 3.54. The Morgan fingerprint density at radius 1 is 1.38 bits per heavy atom. The number of nitrogens with one attached hydrogen (secondary N) is 1. The van der Waals surface area contributed by atoms with Gasteiger partial charge < -0.3 is 10.2 Å². The molecule has 1 fully saturated rings. The highest BCUT2D eigenvalue weighted by atomic mass is 79.9. The molecule has 1 aliphatic rings. The van der Waals surface area contributed by atoms with Crippen LogP contribution in [0.25, 0.3) is 0 Å². The Kier molecular flexibility index (Phi) is 6.06. The minimum Gasteiger partial charge on any atom is -0.356 e. The molecule has 1 aliphatic heterocycles. The normalized spacial score (nSPS) is 19.0. The van der Waals surface area contributed by atoms with Gasteiger partial charge >= 0.3 is 0 Å². The van der Waals surface area contributed by atoms with Gasteiger partial charge in [0.2, 0.25) is 0 Å². The van der Waals surface area contributed by atoms with Crippen LogP contribution >= 0.6 is 15.9 Å². The second-order valence-electron chi connectivity index (χ2n) is 6.90. The third-order valence-electron chi connectivity index (χ3n) is 4.24. The van der Waals surface area contributed by atoms with Gasteiger partial charge in [0.05, 0.1) is 0 Å². The van der Waals surface area contributed by atoms with Crippen molar-refractivity contribution < 1.29 is 0 Å². The highest BCUT2D eigenvalue weighted by Gasteiger charge is 2.27. The summed E-state index contributed by atoms with van der Waals surface area (Å²) >= 11 is 3.55. The molecular weight excluding hydrogens is 326 g/mol. The van der Waals surface area contributed by atoms with Crippen molar-refractivity contribution in [3.05, 3.63) is 22.3 Å². The van der Waals surface area contributed by atoms with Crippen molar-refractivity contribution in [3.63, 3.8) is 0 Å². The lowest BCUT2D eigenvalue weighted by Crippen LogP contribution is -2.26. The predicted octanol–water partition coefficient (Wildman–Crippen LogP) is 4.07. The van der Waals surface area contributed by atoms with E-state index in [2.05, 4.69) is 59.9 Å². The SMILES string of the molecule is CC(C)CNCc1cc(Br)cnc1N1CCC(C(C)C)C1. The number of aromatic nitrogens is 1. The number of halogens is 1. The van der Waals surface area contributed by atoms with Crippen LogP contribution in [0.2, 0.25) is 0 Å². The topological polar surface area (TPSA) is 28.2 Å². The van der Waals surface area contributed by atoms with Crippen LogP contribution in [-0.2, 0) is 6.54 Å². The maximum absolute atomic E-state index is 4.69. The fraction of sp³-hybridized carbons (Fsp3) is 0.706. The molecule has 0 saturated carbocycles. The van der Waals surface area contributed by atoms with Crippen LogP contribution in [0.4, 0.5) is 5.82 Å². The van der Waals surface area contributed by atoms with Gasteiger partial charge in [-0.1, -0.05) is 27.7 Å². The summed E-state index contributed by atoms with van der Waals surface area (Å²) in [4.78, 5) is 7.15. The Bertz CT molecular complexity index is 459. The van der Waals surface area contributed by atoms with Crippen molar-refractivity contribution in [1.29, 1.82) is 0 Å². The second-order valence-corrected chi connectivity index (χ2v) is 7.82. The molecule has 0 aliphatic carbocycles. The summed E-state index contributed by atoms with van der Waals surface area (Å²) in [6, 6.07) is 2.21. The molecular formula is C17H28BrN3. The quantitative estimate of drug-likeness (QED) is 0.835. The number of pyridine rings is 1. The molecule has 2 rings (SSSR count). The van der Waals surface area contributed by atoms with Gasteiger partial charge in [-0.15, -0.1) is 0 Å². The summed E-state index contributed by atoms with van der Waals surface area (Å²) < 4.78 is 1.06. The standard InChI is InChI=1S/C17H28BrN3/c1-12(2)8-19-9-15-7-16(18)10-20-17(15)21-6-5-14(11-21)13(3)4/h7,10,12-14,19H,5-6,8-9,11H2,1-4H3. The number of hydrogen-bond donors (Lipinski definition) is 1.